The van der Waals surface area contributed by atoms with Gasteiger partial charge in [-0.05, 0) is 13.0 Å². The van der Waals surface area contributed by atoms with Crippen molar-refractivity contribution in [2.24, 2.45) is 0 Å². The van der Waals surface area contributed by atoms with Gasteiger partial charge in [-0.2, -0.15) is 0 Å². The van der Waals surface area contributed by atoms with Gasteiger partial charge in [-0.3, -0.25) is 9.59 Å². The minimum atomic E-state index is -4.80. The maximum absolute atomic E-state index is 12.2. The first-order valence-electron chi connectivity index (χ1n) is 6.07. The van der Waals surface area contributed by atoms with Crippen molar-refractivity contribution in [3.63, 3.8) is 0 Å². The SMILES string of the molecule is CC(=O)NC(C)C(=O)NCc1ccccc1OC(F)(F)F. The summed E-state index contributed by atoms with van der Waals surface area (Å²) in [6.45, 7) is 2.58. The van der Waals surface area contributed by atoms with Crippen molar-refractivity contribution in [2.75, 3.05) is 0 Å². The van der Waals surface area contributed by atoms with E-state index in [1.807, 2.05) is 0 Å². The highest BCUT2D eigenvalue weighted by molar-refractivity contribution is 5.86. The molecule has 1 aromatic carbocycles. The summed E-state index contributed by atoms with van der Waals surface area (Å²) >= 11 is 0. The van der Waals surface area contributed by atoms with Crippen molar-refractivity contribution in [3.8, 4) is 5.75 Å². The van der Waals surface area contributed by atoms with Crippen molar-refractivity contribution in [2.45, 2.75) is 32.8 Å². The van der Waals surface area contributed by atoms with Gasteiger partial charge in [0.1, 0.15) is 11.8 Å². The number of rotatable bonds is 5. The summed E-state index contributed by atoms with van der Waals surface area (Å²) in [5.41, 5.74) is 0.179. The van der Waals surface area contributed by atoms with Gasteiger partial charge >= 0.3 is 6.36 Å². The van der Waals surface area contributed by atoms with Crippen LogP contribution in [-0.4, -0.2) is 24.2 Å². The van der Waals surface area contributed by atoms with E-state index in [9.17, 15) is 22.8 Å². The minimum Gasteiger partial charge on any atom is -0.405 e. The minimum absolute atomic E-state index is 0.144. The Labute approximate surface area is 119 Å². The molecule has 0 bridgehead atoms. The number of nitrogens with one attached hydrogen (secondary N) is 2. The summed E-state index contributed by atoms with van der Waals surface area (Å²) in [5, 5.41) is 4.80. The Bertz CT molecular complexity index is 518. The van der Waals surface area contributed by atoms with Crippen LogP contribution in [0.25, 0.3) is 0 Å². The maximum Gasteiger partial charge on any atom is 0.573 e. The molecular weight excluding hydrogens is 289 g/mol. The molecule has 2 N–H and O–H groups in total. The highest BCUT2D eigenvalue weighted by atomic mass is 19.4. The zero-order chi connectivity index (χ0) is 16.0. The predicted molar refractivity (Wildman–Crippen MR) is 68.3 cm³/mol. The fourth-order valence-electron chi connectivity index (χ4n) is 1.58. The molecule has 1 unspecified atom stereocenters. The molecule has 21 heavy (non-hydrogen) atoms. The van der Waals surface area contributed by atoms with Crippen molar-refractivity contribution >= 4 is 11.8 Å². The van der Waals surface area contributed by atoms with Crippen LogP contribution in [0.2, 0.25) is 0 Å². The molecule has 1 atom stereocenters. The van der Waals surface area contributed by atoms with Crippen molar-refractivity contribution in [1.29, 1.82) is 0 Å². The van der Waals surface area contributed by atoms with Crippen LogP contribution in [0.1, 0.15) is 19.4 Å². The van der Waals surface area contributed by atoms with Crippen LogP contribution in [-0.2, 0) is 16.1 Å². The quantitative estimate of drug-likeness (QED) is 0.870. The molecule has 0 aliphatic rings. The fourth-order valence-corrected chi connectivity index (χ4v) is 1.58. The Morgan fingerprint density at radius 2 is 1.90 bits per heavy atom. The summed E-state index contributed by atoms with van der Waals surface area (Å²) in [5.74, 6) is -1.26. The zero-order valence-electron chi connectivity index (χ0n) is 11.5. The molecule has 5 nitrogen and oxygen atoms in total. The first kappa shape index (κ1) is 16.8. The molecule has 0 radical (unpaired) electrons. The van der Waals surface area contributed by atoms with E-state index in [0.717, 1.165) is 6.07 Å². The molecule has 116 valence electrons. The summed E-state index contributed by atoms with van der Waals surface area (Å²) < 4.78 is 40.6. The normalized spacial score (nSPS) is 12.4. The van der Waals surface area contributed by atoms with Gasteiger partial charge in [0.15, 0.2) is 0 Å². The first-order chi connectivity index (χ1) is 9.69. The molecule has 0 saturated carbocycles. The average Bonchev–Trinajstić information content (AvgIpc) is 2.34. The molecule has 1 rings (SSSR count). The number of ether oxygens (including phenoxy) is 1. The van der Waals surface area contributed by atoms with E-state index < -0.39 is 18.3 Å². The summed E-state index contributed by atoms with van der Waals surface area (Å²) in [6.07, 6.45) is -4.80. The van der Waals surface area contributed by atoms with E-state index in [4.69, 9.17) is 0 Å². The lowest BCUT2D eigenvalue weighted by Gasteiger charge is -2.15. The molecule has 0 heterocycles. The van der Waals surface area contributed by atoms with Crippen LogP contribution in [0.4, 0.5) is 13.2 Å². The van der Waals surface area contributed by atoms with Gasteiger partial charge < -0.3 is 15.4 Å². The van der Waals surface area contributed by atoms with Gasteiger partial charge in [0.25, 0.3) is 0 Å². The lowest BCUT2D eigenvalue weighted by atomic mass is 10.2. The van der Waals surface area contributed by atoms with E-state index in [1.54, 1.807) is 0 Å². The second-order valence-electron chi connectivity index (χ2n) is 4.30. The number of halogens is 3. The van der Waals surface area contributed by atoms with Crippen molar-refractivity contribution < 1.29 is 27.5 Å². The molecule has 0 spiro atoms. The standard InChI is InChI=1S/C13H15F3N2O3/c1-8(18-9(2)19)12(20)17-7-10-5-3-4-6-11(10)21-13(14,15)16/h3-6,8H,7H2,1-2H3,(H,17,20)(H,18,19). The Kier molecular flexibility index (Phi) is 5.57. The number of amides is 2. The van der Waals surface area contributed by atoms with Gasteiger partial charge in [-0.1, -0.05) is 18.2 Å². The molecule has 8 heteroatoms. The second kappa shape index (κ2) is 6.96. The Balaban J connectivity index is 2.67. The van der Waals surface area contributed by atoms with E-state index in [1.165, 1.54) is 32.0 Å². The maximum atomic E-state index is 12.2. The largest absolute Gasteiger partial charge is 0.573 e. The van der Waals surface area contributed by atoms with Crippen LogP contribution in [0.15, 0.2) is 24.3 Å². The molecule has 0 saturated heterocycles. The fraction of sp³-hybridized carbons (Fsp3) is 0.385. The third-order valence-electron chi connectivity index (χ3n) is 2.46. The van der Waals surface area contributed by atoms with Gasteiger partial charge in [0, 0.05) is 19.0 Å². The number of hydrogen-bond donors (Lipinski definition) is 2. The third-order valence-corrected chi connectivity index (χ3v) is 2.46. The van der Waals surface area contributed by atoms with Crippen LogP contribution in [0, 0.1) is 0 Å². The lowest BCUT2D eigenvalue weighted by molar-refractivity contribution is -0.274. The summed E-state index contributed by atoms with van der Waals surface area (Å²) in [7, 11) is 0. The molecule has 0 aliphatic carbocycles. The molecule has 0 aliphatic heterocycles. The van der Waals surface area contributed by atoms with Gasteiger partial charge in [-0.25, -0.2) is 0 Å². The number of carbonyl (C=O) groups excluding carboxylic acids is 2. The van der Waals surface area contributed by atoms with E-state index >= 15 is 0 Å². The molecule has 0 aromatic heterocycles. The number of alkyl halides is 3. The van der Waals surface area contributed by atoms with Gasteiger partial charge in [0.05, 0.1) is 0 Å². The van der Waals surface area contributed by atoms with E-state index in [0.29, 0.717) is 0 Å². The third kappa shape index (κ3) is 6.15. The molecule has 0 fully saturated rings. The highest BCUT2D eigenvalue weighted by Gasteiger charge is 2.32. The average molecular weight is 304 g/mol. The first-order valence-corrected chi connectivity index (χ1v) is 6.07. The van der Waals surface area contributed by atoms with Crippen molar-refractivity contribution in [1.82, 2.24) is 10.6 Å². The Morgan fingerprint density at radius 1 is 1.29 bits per heavy atom. The number of benzene rings is 1. The Morgan fingerprint density at radius 3 is 2.48 bits per heavy atom. The van der Waals surface area contributed by atoms with Crippen molar-refractivity contribution in [3.05, 3.63) is 29.8 Å². The molecular formula is C13H15F3N2O3. The van der Waals surface area contributed by atoms with Crippen LogP contribution in [0.3, 0.4) is 0 Å². The van der Waals surface area contributed by atoms with Crippen LogP contribution >= 0.6 is 0 Å². The van der Waals surface area contributed by atoms with E-state index in [2.05, 4.69) is 15.4 Å². The molecule has 1 aromatic rings. The summed E-state index contributed by atoms with van der Waals surface area (Å²) in [6, 6.07) is 4.71. The predicted octanol–water partition coefficient (Wildman–Crippen LogP) is 1.73. The molecule has 2 amide bonds. The van der Waals surface area contributed by atoms with Gasteiger partial charge in [-0.15, -0.1) is 13.2 Å². The van der Waals surface area contributed by atoms with Gasteiger partial charge in [0.2, 0.25) is 11.8 Å². The summed E-state index contributed by atoms with van der Waals surface area (Å²) in [4.78, 5) is 22.5. The number of para-hydroxylation sites is 1. The lowest BCUT2D eigenvalue weighted by Crippen LogP contribution is -2.43. The van der Waals surface area contributed by atoms with Crippen LogP contribution in [0.5, 0.6) is 5.75 Å². The number of carbonyl (C=O) groups is 2. The van der Waals surface area contributed by atoms with Crippen LogP contribution < -0.4 is 15.4 Å². The monoisotopic (exact) mass is 304 g/mol. The van der Waals surface area contributed by atoms with E-state index in [-0.39, 0.29) is 23.8 Å². The number of hydrogen-bond acceptors (Lipinski definition) is 3. The second-order valence-corrected chi connectivity index (χ2v) is 4.30. The highest BCUT2D eigenvalue weighted by Crippen LogP contribution is 2.25. The zero-order valence-corrected chi connectivity index (χ0v) is 11.5. The Hall–Kier alpha value is -2.25. The topological polar surface area (TPSA) is 67.4 Å². The smallest absolute Gasteiger partial charge is 0.405 e.